The first-order valence-corrected chi connectivity index (χ1v) is 6.95. The minimum absolute atomic E-state index is 0.141. The van der Waals surface area contributed by atoms with Crippen LogP contribution in [0.1, 0.15) is 29.7 Å². The van der Waals surface area contributed by atoms with Crippen LogP contribution in [-0.4, -0.2) is 25.8 Å². The number of carboxylic acid groups (broad SMARTS) is 1. The Morgan fingerprint density at radius 3 is 2.82 bits per heavy atom. The van der Waals surface area contributed by atoms with Gasteiger partial charge >= 0.3 is 11.7 Å². The van der Waals surface area contributed by atoms with E-state index in [1.54, 1.807) is 10.6 Å². The van der Waals surface area contributed by atoms with Crippen molar-refractivity contribution < 1.29 is 14.4 Å². The van der Waals surface area contributed by atoms with Crippen molar-refractivity contribution in [1.29, 1.82) is 0 Å². The van der Waals surface area contributed by atoms with Crippen LogP contribution in [-0.2, 0) is 5.54 Å². The van der Waals surface area contributed by atoms with Crippen LogP contribution in [0.2, 0.25) is 0 Å². The zero-order valence-electron chi connectivity index (χ0n) is 11.7. The highest BCUT2D eigenvalue weighted by Crippen LogP contribution is 2.55. The van der Waals surface area contributed by atoms with Crippen LogP contribution < -0.4 is 5.76 Å². The summed E-state index contributed by atoms with van der Waals surface area (Å²) in [6, 6.07) is 9.09. The van der Waals surface area contributed by atoms with Crippen molar-refractivity contribution in [3.8, 4) is 0 Å². The van der Waals surface area contributed by atoms with Crippen molar-refractivity contribution in [2.45, 2.75) is 18.9 Å². The number of nitrogens with one attached hydrogen (secondary N) is 1. The fraction of sp³-hybridized carbons (Fsp3) is 0.267. The summed E-state index contributed by atoms with van der Waals surface area (Å²) in [5, 5.41) is 14.2. The van der Waals surface area contributed by atoms with Crippen LogP contribution in [0, 0.1) is 5.92 Å². The maximum Gasteiger partial charge on any atom is 0.438 e. The fourth-order valence-corrected chi connectivity index (χ4v) is 3.31. The third-order valence-electron chi connectivity index (χ3n) is 4.45. The monoisotopic (exact) mass is 299 g/mol. The van der Waals surface area contributed by atoms with Gasteiger partial charge in [-0.3, -0.25) is 9.51 Å². The number of aromatic nitrogens is 3. The molecule has 2 heterocycles. The summed E-state index contributed by atoms with van der Waals surface area (Å²) in [6.07, 6.45) is 0.689. The number of para-hydroxylation sites is 1. The Bertz CT molecular complexity index is 951. The van der Waals surface area contributed by atoms with E-state index in [9.17, 15) is 14.7 Å². The van der Waals surface area contributed by atoms with Gasteiger partial charge in [0.2, 0.25) is 0 Å². The van der Waals surface area contributed by atoms with Crippen LogP contribution in [0.15, 0.2) is 39.6 Å². The molecule has 0 amide bonds. The Balaban J connectivity index is 2.06. The largest absolute Gasteiger partial charge is 0.477 e. The number of aromatic amines is 1. The molecule has 0 unspecified atom stereocenters. The summed E-state index contributed by atoms with van der Waals surface area (Å²) >= 11 is 0. The Kier molecular flexibility index (Phi) is 2.40. The first-order valence-electron chi connectivity index (χ1n) is 6.95. The molecular formula is C15H13N3O4. The lowest BCUT2D eigenvalue weighted by Gasteiger charge is -2.19. The van der Waals surface area contributed by atoms with Crippen LogP contribution in [0.25, 0.3) is 10.9 Å². The van der Waals surface area contributed by atoms with Crippen molar-refractivity contribution >= 4 is 16.9 Å². The number of carboxylic acids is 1. The van der Waals surface area contributed by atoms with E-state index < -0.39 is 17.3 Å². The van der Waals surface area contributed by atoms with Gasteiger partial charge in [0.05, 0.1) is 0 Å². The molecule has 7 heteroatoms. The number of nitrogens with zero attached hydrogens (tertiary/aromatic N) is 2. The highest BCUT2D eigenvalue weighted by molar-refractivity contribution is 5.95. The summed E-state index contributed by atoms with van der Waals surface area (Å²) in [4.78, 5) is 25.6. The van der Waals surface area contributed by atoms with Crippen molar-refractivity contribution in [1.82, 2.24) is 14.7 Å². The summed E-state index contributed by atoms with van der Waals surface area (Å²) < 4.78 is 6.38. The van der Waals surface area contributed by atoms with E-state index in [1.165, 1.54) is 0 Å². The number of hydrogen-bond donors (Lipinski definition) is 2. The molecule has 112 valence electrons. The van der Waals surface area contributed by atoms with Gasteiger partial charge < -0.3 is 9.67 Å². The van der Waals surface area contributed by atoms with E-state index in [1.807, 2.05) is 31.2 Å². The average Bonchev–Trinajstić information content (AvgIpc) is 2.88. The molecule has 3 aromatic rings. The smallest absolute Gasteiger partial charge is 0.438 e. The normalized spacial score (nSPS) is 23.8. The molecule has 1 fully saturated rings. The molecule has 7 nitrogen and oxygen atoms in total. The van der Waals surface area contributed by atoms with Crippen molar-refractivity contribution in [2.75, 3.05) is 0 Å². The third kappa shape index (κ3) is 1.53. The second-order valence-corrected chi connectivity index (χ2v) is 5.70. The van der Waals surface area contributed by atoms with Crippen molar-refractivity contribution in [3.05, 3.63) is 52.4 Å². The van der Waals surface area contributed by atoms with Crippen LogP contribution >= 0.6 is 0 Å². The topological polar surface area (TPSA) is 101 Å². The number of carbonyl (C=O) groups is 1. The predicted octanol–water partition coefficient (Wildman–Crippen LogP) is 1.80. The zero-order valence-corrected chi connectivity index (χ0v) is 11.7. The lowest BCUT2D eigenvalue weighted by atomic mass is 10.1. The summed E-state index contributed by atoms with van der Waals surface area (Å²) in [5.74, 6) is -1.14. The van der Waals surface area contributed by atoms with Gasteiger partial charge in [0, 0.05) is 10.9 Å². The first kappa shape index (κ1) is 12.9. The molecule has 1 saturated carbocycles. The van der Waals surface area contributed by atoms with Gasteiger partial charge in [-0.05, 0) is 24.5 Å². The minimum atomic E-state index is -1.01. The number of hydrogen-bond acceptors (Lipinski definition) is 4. The van der Waals surface area contributed by atoms with E-state index >= 15 is 0 Å². The van der Waals surface area contributed by atoms with Crippen LogP contribution in [0.4, 0.5) is 0 Å². The number of rotatable bonds is 3. The SMILES string of the molecule is C[C@@H]1C[C@@]1(c1noc(=O)[nH]1)n1c(C(=O)O)cc2ccccc21. The van der Waals surface area contributed by atoms with E-state index in [0.29, 0.717) is 12.2 Å². The molecular weight excluding hydrogens is 286 g/mol. The molecule has 0 radical (unpaired) electrons. The molecule has 22 heavy (non-hydrogen) atoms. The molecule has 2 atom stereocenters. The second-order valence-electron chi connectivity index (χ2n) is 5.70. The molecule has 2 N–H and O–H groups in total. The van der Waals surface area contributed by atoms with E-state index in [4.69, 9.17) is 0 Å². The summed E-state index contributed by atoms with van der Waals surface area (Å²) in [7, 11) is 0. The Morgan fingerprint density at radius 1 is 1.50 bits per heavy atom. The molecule has 0 bridgehead atoms. The van der Waals surface area contributed by atoms with Crippen LogP contribution in [0.5, 0.6) is 0 Å². The molecule has 0 saturated heterocycles. The molecule has 0 spiro atoms. The number of aromatic carboxylic acids is 1. The lowest BCUT2D eigenvalue weighted by molar-refractivity contribution is 0.0682. The zero-order chi connectivity index (χ0) is 15.5. The maximum absolute atomic E-state index is 11.7. The number of H-pyrrole nitrogens is 1. The number of benzene rings is 1. The molecule has 2 aromatic heterocycles. The highest BCUT2D eigenvalue weighted by atomic mass is 16.5. The Morgan fingerprint density at radius 2 is 2.23 bits per heavy atom. The van der Waals surface area contributed by atoms with Gasteiger partial charge in [-0.25, -0.2) is 9.59 Å². The molecule has 4 rings (SSSR count). The first-order chi connectivity index (χ1) is 10.5. The van der Waals surface area contributed by atoms with Gasteiger partial charge in [0.1, 0.15) is 11.2 Å². The maximum atomic E-state index is 11.7. The second kappa shape index (κ2) is 4.09. The molecule has 1 aliphatic carbocycles. The highest BCUT2D eigenvalue weighted by Gasteiger charge is 2.58. The van der Waals surface area contributed by atoms with Crippen LogP contribution in [0.3, 0.4) is 0 Å². The number of fused-ring (bicyclic) bond motifs is 1. The van der Waals surface area contributed by atoms with Gasteiger partial charge in [0.15, 0.2) is 5.82 Å². The molecule has 1 aromatic carbocycles. The van der Waals surface area contributed by atoms with Gasteiger partial charge in [-0.2, -0.15) is 0 Å². The molecule has 0 aliphatic heterocycles. The quantitative estimate of drug-likeness (QED) is 0.768. The van der Waals surface area contributed by atoms with Gasteiger partial charge in [-0.1, -0.05) is 30.3 Å². The fourth-order valence-electron chi connectivity index (χ4n) is 3.31. The van der Waals surface area contributed by atoms with Gasteiger partial charge in [0.25, 0.3) is 0 Å². The van der Waals surface area contributed by atoms with E-state index in [0.717, 1.165) is 10.9 Å². The van der Waals surface area contributed by atoms with Gasteiger partial charge in [-0.15, -0.1) is 0 Å². The molecule has 1 aliphatic rings. The summed E-state index contributed by atoms with van der Waals surface area (Å²) in [6.45, 7) is 1.99. The minimum Gasteiger partial charge on any atom is -0.477 e. The lowest BCUT2D eigenvalue weighted by Crippen LogP contribution is -2.26. The third-order valence-corrected chi connectivity index (χ3v) is 4.45. The standard InChI is InChI=1S/C15H13N3O4/c1-8-7-15(8,13-16-14(21)22-17-13)18-10-5-3-2-4-9(10)6-11(18)12(19)20/h2-6,8H,7H2,1H3,(H,19,20)(H,16,17,21)/t8-,15-/m1/s1. The van der Waals surface area contributed by atoms with E-state index in [-0.39, 0.29) is 11.6 Å². The Hall–Kier alpha value is -2.83. The van der Waals surface area contributed by atoms with Crippen molar-refractivity contribution in [2.24, 2.45) is 5.92 Å². The summed E-state index contributed by atoms with van der Waals surface area (Å²) in [5.41, 5.74) is 0.297. The Labute approximate surface area is 124 Å². The average molecular weight is 299 g/mol. The van der Waals surface area contributed by atoms with E-state index in [2.05, 4.69) is 14.7 Å². The van der Waals surface area contributed by atoms with Crippen molar-refractivity contribution in [3.63, 3.8) is 0 Å². The predicted molar refractivity (Wildman–Crippen MR) is 76.9 cm³/mol.